The molecular formula is C16H24N2O4S. The molecule has 1 unspecified atom stereocenters. The molecule has 0 aromatic heterocycles. The maximum atomic E-state index is 12.1. The summed E-state index contributed by atoms with van der Waals surface area (Å²) in [6.45, 7) is 5.28. The molecule has 0 bridgehead atoms. The molecule has 1 saturated heterocycles. The highest BCUT2D eigenvalue weighted by molar-refractivity contribution is 7.91. The van der Waals surface area contributed by atoms with Gasteiger partial charge in [0.2, 0.25) is 5.91 Å². The lowest BCUT2D eigenvalue weighted by Crippen LogP contribution is -2.43. The fourth-order valence-electron chi connectivity index (χ4n) is 2.32. The summed E-state index contributed by atoms with van der Waals surface area (Å²) in [6, 6.07) is 7.00. The lowest BCUT2D eigenvalue weighted by atomic mass is 10.1. The molecule has 0 aliphatic carbocycles. The molecule has 128 valence electrons. The quantitative estimate of drug-likeness (QED) is 0.816. The van der Waals surface area contributed by atoms with Crippen LogP contribution in [0.1, 0.15) is 25.8 Å². The number of hydrogen-bond donors (Lipinski definition) is 2. The molecule has 2 rings (SSSR count). The van der Waals surface area contributed by atoms with Crippen LogP contribution in [0.2, 0.25) is 0 Å². The van der Waals surface area contributed by atoms with Crippen molar-refractivity contribution in [2.24, 2.45) is 0 Å². The molecule has 0 spiro atoms. The summed E-state index contributed by atoms with van der Waals surface area (Å²) >= 11 is 0. The van der Waals surface area contributed by atoms with Gasteiger partial charge in [0.15, 0.2) is 9.84 Å². The second kappa shape index (κ2) is 7.90. The van der Waals surface area contributed by atoms with Crippen LogP contribution < -0.4 is 10.6 Å². The normalized spacial score (nSPS) is 18.8. The highest BCUT2D eigenvalue weighted by Gasteiger charge is 2.18. The van der Waals surface area contributed by atoms with Crippen molar-refractivity contribution in [2.75, 3.05) is 25.1 Å². The third-order valence-electron chi connectivity index (χ3n) is 3.73. The number of nitrogens with one attached hydrogen (secondary N) is 2. The molecule has 23 heavy (non-hydrogen) atoms. The number of hydrogen-bond acceptors (Lipinski definition) is 5. The summed E-state index contributed by atoms with van der Waals surface area (Å²) in [5.74, 6) is -0.135. The van der Waals surface area contributed by atoms with E-state index in [0.29, 0.717) is 30.9 Å². The van der Waals surface area contributed by atoms with Gasteiger partial charge in [-0.2, -0.15) is 0 Å². The number of carbonyl (C=O) groups is 1. The van der Waals surface area contributed by atoms with Crippen molar-refractivity contribution in [1.29, 1.82) is 0 Å². The monoisotopic (exact) mass is 340 g/mol. The Hall–Kier alpha value is -1.44. The fourth-order valence-corrected chi connectivity index (χ4v) is 3.30. The van der Waals surface area contributed by atoms with E-state index in [1.54, 1.807) is 38.1 Å². The Balaban J connectivity index is 1.95. The van der Waals surface area contributed by atoms with Crippen molar-refractivity contribution < 1.29 is 17.9 Å². The molecule has 0 radical (unpaired) electrons. The van der Waals surface area contributed by atoms with E-state index in [1.165, 1.54) is 0 Å². The number of amides is 1. The number of rotatable bonds is 6. The molecule has 6 nitrogen and oxygen atoms in total. The van der Waals surface area contributed by atoms with Gasteiger partial charge in [-0.25, -0.2) is 8.42 Å². The SMILES string of the molecule is CC(C)S(=O)(=O)Cc1cccc(NC(=O)CC2COCCN2)c1. The van der Waals surface area contributed by atoms with E-state index in [9.17, 15) is 13.2 Å². The van der Waals surface area contributed by atoms with Gasteiger partial charge in [0, 0.05) is 24.7 Å². The van der Waals surface area contributed by atoms with E-state index >= 15 is 0 Å². The number of anilines is 1. The van der Waals surface area contributed by atoms with Gasteiger partial charge in [0.1, 0.15) is 0 Å². The van der Waals surface area contributed by atoms with Crippen molar-refractivity contribution in [1.82, 2.24) is 5.32 Å². The Bertz CT molecular complexity index is 637. The first kappa shape index (κ1) is 17.9. The topological polar surface area (TPSA) is 84.5 Å². The van der Waals surface area contributed by atoms with Crippen LogP contribution in [-0.4, -0.2) is 45.4 Å². The third-order valence-corrected chi connectivity index (χ3v) is 5.90. The minimum absolute atomic E-state index is 0.0214. The zero-order chi connectivity index (χ0) is 16.9. The van der Waals surface area contributed by atoms with Crippen LogP contribution in [0.25, 0.3) is 0 Å². The molecule has 1 aliphatic rings. The van der Waals surface area contributed by atoms with Crippen LogP contribution in [0.4, 0.5) is 5.69 Å². The van der Waals surface area contributed by atoms with Crippen molar-refractivity contribution in [3.8, 4) is 0 Å². The number of benzene rings is 1. The zero-order valence-corrected chi connectivity index (χ0v) is 14.4. The Morgan fingerprint density at radius 2 is 2.22 bits per heavy atom. The summed E-state index contributed by atoms with van der Waals surface area (Å²) in [5.41, 5.74) is 1.29. The smallest absolute Gasteiger partial charge is 0.226 e. The van der Waals surface area contributed by atoms with E-state index in [1.807, 2.05) is 0 Å². The standard InChI is InChI=1S/C16H24N2O4S/c1-12(2)23(20,21)11-13-4-3-5-14(8-13)18-16(19)9-15-10-22-7-6-17-15/h3-5,8,12,15,17H,6-7,9-11H2,1-2H3,(H,18,19). The van der Waals surface area contributed by atoms with Crippen LogP contribution in [0.3, 0.4) is 0 Å². The first-order valence-electron chi connectivity index (χ1n) is 7.78. The summed E-state index contributed by atoms with van der Waals surface area (Å²) in [4.78, 5) is 12.1. The predicted octanol–water partition coefficient (Wildman–Crippen LogP) is 1.33. The van der Waals surface area contributed by atoms with Gasteiger partial charge in [-0.3, -0.25) is 4.79 Å². The first-order valence-corrected chi connectivity index (χ1v) is 9.50. The van der Waals surface area contributed by atoms with Crippen molar-refractivity contribution >= 4 is 21.4 Å². The van der Waals surface area contributed by atoms with E-state index < -0.39 is 15.1 Å². The summed E-state index contributed by atoms with van der Waals surface area (Å²) < 4.78 is 29.3. The molecule has 1 aromatic carbocycles. The molecule has 1 heterocycles. The van der Waals surface area contributed by atoms with Crippen LogP contribution in [0.15, 0.2) is 24.3 Å². The average molecular weight is 340 g/mol. The Morgan fingerprint density at radius 1 is 1.43 bits per heavy atom. The first-order chi connectivity index (χ1) is 10.9. The predicted molar refractivity (Wildman–Crippen MR) is 90.1 cm³/mol. The number of carbonyl (C=O) groups excluding carboxylic acids is 1. The Morgan fingerprint density at radius 3 is 2.87 bits per heavy atom. The maximum absolute atomic E-state index is 12.1. The minimum atomic E-state index is -3.16. The molecule has 1 amide bonds. The molecule has 1 atom stereocenters. The largest absolute Gasteiger partial charge is 0.378 e. The molecule has 1 fully saturated rings. The van der Waals surface area contributed by atoms with Gasteiger partial charge in [0.25, 0.3) is 0 Å². The number of sulfone groups is 1. The molecular weight excluding hydrogens is 316 g/mol. The van der Waals surface area contributed by atoms with E-state index in [0.717, 1.165) is 6.54 Å². The van der Waals surface area contributed by atoms with Gasteiger partial charge in [-0.15, -0.1) is 0 Å². The van der Waals surface area contributed by atoms with Crippen LogP contribution in [0, 0.1) is 0 Å². The molecule has 2 N–H and O–H groups in total. The Kier molecular flexibility index (Phi) is 6.15. The average Bonchev–Trinajstić information content (AvgIpc) is 2.47. The van der Waals surface area contributed by atoms with Crippen LogP contribution >= 0.6 is 0 Å². The van der Waals surface area contributed by atoms with Crippen molar-refractivity contribution in [2.45, 2.75) is 37.3 Å². The lowest BCUT2D eigenvalue weighted by molar-refractivity contribution is -0.117. The maximum Gasteiger partial charge on any atom is 0.226 e. The van der Waals surface area contributed by atoms with Gasteiger partial charge in [-0.05, 0) is 31.5 Å². The minimum Gasteiger partial charge on any atom is -0.378 e. The van der Waals surface area contributed by atoms with Gasteiger partial charge >= 0.3 is 0 Å². The summed E-state index contributed by atoms with van der Waals surface area (Å²) in [5, 5.41) is 5.62. The third kappa shape index (κ3) is 5.60. The second-order valence-corrected chi connectivity index (χ2v) is 8.59. The van der Waals surface area contributed by atoms with Gasteiger partial charge < -0.3 is 15.4 Å². The highest BCUT2D eigenvalue weighted by Crippen LogP contribution is 2.16. The van der Waals surface area contributed by atoms with Gasteiger partial charge in [0.05, 0.1) is 24.2 Å². The van der Waals surface area contributed by atoms with Crippen molar-refractivity contribution in [3.05, 3.63) is 29.8 Å². The Labute approximate surface area is 137 Å². The fraction of sp³-hybridized carbons (Fsp3) is 0.562. The second-order valence-electron chi connectivity index (χ2n) is 6.03. The molecule has 7 heteroatoms. The number of ether oxygens (including phenoxy) is 1. The van der Waals surface area contributed by atoms with Gasteiger partial charge in [-0.1, -0.05) is 12.1 Å². The highest BCUT2D eigenvalue weighted by atomic mass is 32.2. The van der Waals surface area contributed by atoms with E-state index in [4.69, 9.17) is 4.74 Å². The van der Waals surface area contributed by atoms with E-state index in [2.05, 4.69) is 10.6 Å². The zero-order valence-electron chi connectivity index (χ0n) is 13.5. The van der Waals surface area contributed by atoms with Crippen molar-refractivity contribution in [3.63, 3.8) is 0 Å². The summed E-state index contributed by atoms with van der Waals surface area (Å²) in [6.07, 6.45) is 0.328. The summed E-state index contributed by atoms with van der Waals surface area (Å²) in [7, 11) is -3.16. The van der Waals surface area contributed by atoms with E-state index in [-0.39, 0.29) is 17.7 Å². The number of morpholine rings is 1. The van der Waals surface area contributed by atoms with Crippen LogP contribution in [0.5, 0.6) is 0 Å². The molecule has 1 aromatic rings. The molecule has 0 saturated carbocycles. The lowest BCUT2D eigenvalue weighted by Gasteiger charge is -2.23. The molecule has 1 aliphatic heterocycles. The van der Waals surface area contributed by atoms with Crippen LogP contribution in [-0.2, 0) is 25.1 Å².